The molecule has 1 aliphatic heterocycles. The first-order valence-corrected chi connectivity index (χ1v) is 9.60. The number of aromatic carboxylic acids is 1. The van der Waals surface area contributed by atoms with E-state index in [1.165, 1.54) is 6.07 Å². The summed E-state index contributed by atoms with van der Waals surface area (Å²) in [6, 6.07) is 8.37. The number of primary amides is 1. The van der Waals surface area contributed by atoms with E-state index in [2.05, 4.69) is 9.97 Å². The van der Waals surface area contributed by atoms with Crippen molar-refractivity contribution in [3.05, 3.63) is 36.0 Å². The summed E-state index contributed by atoms with van der Waals surface area (Å²) in [7, 11) is 0. The number of carboxylic acids is 1. The van der Waals surface area contributed by atoms with Gasteiger partial charge in [-0.3, -0.25) is 4.90 Å². The van der Waals surface area contributed by atoms with E-state index in [0.717, 1.165) is 12.8 Å². The van der Waals surface area contributed by atoms with Crippen LogP contribution in [0.1, 0.15) is 30.3 Å². The van der Waals surface area contributed by atoms with Gasteiger partial charge in [0.25, 0.3) is 0 Å². The number of amides is 2. The molecule has 3 N–H and O–H groups in total. The van der Waals surface area contributed by atoms with Crippen LogP contribution < -0.4 is 15.5 Å². The fraction of sp³-hybridized carbons (Fsp3) is 0.400. The number of benzene rings is 1. The molecule has 0 bridgehead atoms. The SMILES string of the molecule is C[C@H]1COCCN1c1cc(C(=O)O)nc(-c2ccc(N(C(N)=O)C3CC3)cc2)n1. The van der Waals surface area contributed by atoms with Crippen LogP contribution in [0, 0.1) is 0 Å². The summed E-state index contributed by atoms with van der Waals surface area (Å²) < 4.78 is 5.46. The predicted molar refractivity (Wildman–Crippen MR) is 107 cm³/mol. The summed E-state index contributed by atoms with van der Waals surface area (Å²) in [5.41, 5.74) is 6.82. The minimum absolute atomic E-state index is 0.0653. The van der Waals surface area contributed by atoms with Gasteiger partial charge in [0.05, 0.1) is 19.3 Å². The van der Waals surface area contributed by atoms with Gasteiger partial charge in [0.1, 0.15) is 5.82 Å². The first kappa shape index (κ1) is 19.1. The molecule has 0 radical (unpaired) electrons. The van der Waals surface area contributed by atoms with Gasteiger partial charge in [-0.2, -0.15) is 0 Å². The van der Waals surface area contributed by atoms with E-state index in [1.807, 2.05) is 11.8 Å². The van der Waals surface area contributed by atoms with Crippen LogP contribution in [0.25, 0.3) is 11.4 Å². The van der Waals surface area contributed by atoms with Crippen LogP contribution in [0.15, 0.2) is 30.3 Å². The molecule has 2 amide bonds. The van der Waals surface area contributed by atoms with Crippen molar-refractivity contribution < 1.29 is 19.4 Å². The topological polar surface area (TPSA) is 122 Å². The molecule has 152 valence electrons. The van der Waals surface area contributed by atoms with Crippen LogP contribution in [0.4, 0.5) is 16.3 Å². The standard InChI is InChI=1S/C20H23N5O4/c1-12-11-29-9-8-24(12)17-10-16(19(26)27)22-18(23-17)13-2-4-14(5-3-13)25(20(21)28)15-6-7-15/h2-5,10,12,15H,6-9,11H2,1H3,(H2,21,28)(H,26,27)/t12-/m0/s1. The molecule has 0 unspecified atom stereocenters. The molecular formula is C20H23N5O4. The minimum Gasteiger partial charge on any atom is -0.477 e. The lowest BCUT2D eigenvalue weighted by molar-refractivity contribution is 0.0690. The Labute approximate surface area is 168 Å². The molecule has 2 fully saturated rings. The lowest BCUT2D eigenvalue weighted by Crippen LogP contribution is -2.44. The summed E-state index contributed by atoms with van der Waals surface area (Å²) in [5, 5.41) is 9.50. The highest BCUT2D eigenvalue weighted by molar-refractivity contribution is 5.92. The van der Waals surface area contributed by atoms with Crippen molar-refractivity contribution in [2.24, 2.45) is 5.73 Å². The third-order valence-electron chi connectivity index (χ3n) is 5.15. The maximum atomic E-state index is 11.7. The molecule has 9 heteroatoms. The number of ether oxygens (including phenoxy) is 1. The fourth-order valence-corrected chi connectivity index (χ4v) is 3.51. The highest BCUT2D eigenvalue weighted by Crippen LogP contribution is 2.32. The molecule has 4 rings (SSSR count). The van der Waals surface area contributed by atoms with Gasteiger partial charge in [-0.05, 0) is 44.0 Å². The van der Waals surface area contributed by atoms with Crippen LogP contribution >= 0.6 is 0 Å². The number of hydrogen-bond donors (Lipinski definition) is 2. The van der Waals surface area contributed by atoms with Gasteiger partial charge >= 0.3 is 12.0 Å². The molecular weight excluding hydrogens is 374 g/mol. The van der Waals surface area contributed by atoms with Gasteiger partial charge in [-0.1, -0.05) is 0 Å². The van der Waals surface area contributed by atoms with E-state index in [9.17, 15) is 14.7 Å². The van der Waals surface area contributed by atoms with E-state index in [-0.39, 0.29) is 17.8 Å². The van der Waals surface area contributed by atoms with Gasteiger partial charge in [0.2, 0.25) is 0 Å². The molecule has 1 saturated carbocycles. The van der Waals surface area contributed by atoms with Gasteiger partial charge in [-0.15, -0.1) is 0 Å². The normalized spacial score (nSPS) is 19.1. The average molecular weight is 397 g/mol. The second-order valence-corrected chi connectivity index (χ2v) is 7.34. The first-order valence-electron chi connectivity index (χ1n) is 9.60. The minimum atomic E-state index is -1.11. The van der Waals surface area contributed by atoms with Crippen molar-refractivity contribution in [3.63, 3.8) is 0 Å². The zero-order valence-electron chi connectivity index (χ0n) is 16.1. The Hall–Kier alpha value is -3.20. The van der Waals surface area contributed by atoms with Crippen LogP contribution in [-0.2, 0) is 4.74 Å². The van der Waals surface area contributed by atoms with Crippen molar-refractivity contribution in [2.75, 3.05) is 29.6 Å². The van der Waals surface area contributed by atoms with E-state index < -0.39 is 12.0 Å². The highest BCUT2D eigenvalue weighted by atomic mass is 16.5. The third kappa shape index (κ3) is 4.00. The van der Waals surface area contributed by atoms with E-state index >= 15 is 0 Å². The Morgan fingerprint density at radius 1 is 1.24 bits per heavy atom. The number of urea groups is 1. The highest BCUT2D eigenvalue weighted by Gasteiger charge is 2.32. The molecule has 1 saturated heterocycles. The van der Waals surface area contributed by atoms with Gasteiger partial charge in [0.15, 0.2) is 11.5 Å². The molecule has 2 aliphatic rings. The number of carbonyl (C=O) groups is 2. The van der Waals surface area contributed by atoms with Gasteiger partial charge < -0.3 is 20.5 Å². The zero-order chi connectivity index (χ0) is 20.5. The summed E-state index contributed by atoms with van der Waals surface area (Å²) in [6.45, 7) is 3.75. The second-order valence-electron chi connectivity index (χ2n) is 7.34. The Bertz CT molecular complexity index is 929. The Morgan fingerprint density at radius 2 is 1.97 bits per heavy atom. The molecule has 1 aromatic carbocycles. The number of hydrogen-bond acceptors (Lipinski definition) is 6. The quantitative estimate of drug-likeness (QED) is 0.792. The lowest BCUT2D eigenvalue weighted by Gasteiger charge is -2.34. The van der Waals surface area contributed by atoms with Gasteiger partial charge in [-0.25, -0.2) is 19.6 Å². The van der Waals surface area contributed by atoms with Crippen molar-refractivity contribution in [2.45, 2.75) is 31.8 Å². The summed E-state index contributed by atoms with van der Waals surface area (Å²) in [4.78, 5) is 35.8. The molecule has 1 aliphatic carbocycles. The van der Waals surface area contributed by atoms with Crippen LogP contribution in [0.2, 0.25) is 0 Å². The number of rotatable bonds is 5. The van der Waals surface area contributed by atoms with Crippen LogP contribution in [0.3, 0.4) is 0 Å². The number of nitrogens with two attached hydrogens (primary N) is 1. The van der Waals surface area contributed by atoms with Crippen molar-refractivity contribution in [1.29, 1.82) is 0 Å². The van der Waals surface area contributed by atoms with Crippen molar-refractivity contribution >= 4 is 23.5 Å². The number of aromatic nitrogens is 2. The third-order valence-corrected chi connectivity index (χ3v) is 5.15. The number of morpholine rings is 1. The monoisotopic (exact) mass is 397 g/mol. The molecule has 29 heavy (non-hydrogen) atoms. The second kappa shape index (κ2) is 7.67. The lowest BCUT2D eigenvalue weighted by atomic mass is 10.1. The molecule has 2 heterocycles. The summed E-state index contributed by atoms with van der Waals surface area (Å²) in [5.74, 6) is -0.229. The largest absolute Gasteiger partial charge is 0.477 e. The molecule has 1 aromatic heterocycles. The molecule has 0 spiro atoms. The van der Waals surface area contributed by atoms with Crippen LogP contribution in [-0.4, -0.2) is 58.9 Å². The van der Waals surface area contributed by atoms with Gasteiger partial charge in [0, 0.05) is 29.9 Å². The average Bonchev–Trinajstić information content (AvgIpc) is 3.53. The van der Waals surface area contributed by atoms with E-state index in [1.54, 1.807) is 29.2 Å². The maximum Gasteiger partial charge on any atom is 0.354 e. The Morgan fingerprint density at radius 3 is 2.55 bits per heavy atom. The number of carboxylic acid groups (broad SMARTS) is 1. The Kier molecular flexibility index (Phi) is 5.06. The first-order chi connectivity index (χ1) is 13.9. The number of carbonyl (C=O) groups excluding carboxylic acids is 1. The fourth-order valence-electron chi connectivity index (χ4n) is 3.51. The molecule has 1 atom stereocenters. The van der Waals surface area contributed by atoms with Crippen molar-refractivity contribution in [1.82, 2.24) is 9.97 Å². The summed E-state index contributed by atoms with van der Waals surface area (Å²) >= 11 is 0. The smallest absolute Gasteiger partial charge is 0.354 e. The molecule has 2 aromatic rings. The van der Waals surface area contributed by atoms with E-state index in [0.29, 0.717) is 42.7 Å². The maximum absolute atomic E-state index is 11.7. The number of nitrogens with zero attached hydrogens (tertiary/aromatic N) is 4. The van der Waals surface area contributed by atoms with E-state index in [4.69, 9.17) is 10.5 Å². The number of anilines is 2. The van der Waals surface area contributed by atoms with Crippen molar-refractivity contribution in [3.8, 4) is 11.4 Å². The Balaban J connectivity index is 1.68. The van der Waals surface area contributed by atoms with Crippen LogP contribution in [0.5, 0.6) is 0 Å². The molecule has 9 nitrogen and oxygen atoms in total. The summed E-state index contributed by atoms with van der Waals surface area (Å²) in [6.07, 6.45) is 1.88. The predicted octanol–water partition coefficient (Wildman–Crippen LogP) is 2.11. The zero-order valence-corrected chi connectivity index (χ0v) is 16.1.